The molecule has 2 aromatic rings. The lowest BCUT2D eigenvalue weighted by molar-refractivity contribution is -0.122. The van der Waals surface area contributed by atoms with E-state index in [0.29, 0.717) is 10.9 Å². The van der Waals surface area contributed by atoms with Crippen molar-refractivity contribution in [3.8, 4) is 0 Å². The smallest absolute Gasteiger partial charge is 0.240 e. The highest BCUT2D eigenvalue weighted by Crippen LogP contribution is 2.28. The molecule has 27 heavy (non-hydrogen) atoms. The highest BCUT2D eigenvalue weighted by molar-refractivity contribution is 8.15. The van der Waals surface area contributed by atoms with Crippen molar-refractivity contribution in [3.05, 3.63) is 58.4 Å². The Kier molecular flexibility index (Phi) is 5.82. The van der Waals surface area contributed by atoms with E-state index in [9.17, 15) is 14.0 Å². The molecule has 1 aliphatic rings. The Morgan fingerprint density at radius 3 is 2.81 bits per heavy atom. The molecule has 0 unspecified atom stereocenters. The van der Waals surface area contributed by atoms with Gasteiger partial charge in [-0.15, -0.1) is 0 Å². The van der Waals surface area contributed by atoms with Crippen LogP contribution in [-0.4, -0.2) is 22.2 Å². The predicted molar refractivity (Wildman–Crippen MR) is 107 cm³/mol. The largest absolute Gasteiger partial charge is 0.326 e. The van der Waals surface area contributed by atoms with E-state index in [1.807, 2.05) is 32.0 Å². The summed E-state index contributed by atoms with van der Waals surface area (Å²) in [5.41, 5.74) is 3.15. The topological polar surface area (TPSA) is 70.6 Å². The molecule has 2 aromatic carbocycles. The number of hydrogen-bond donors (Lipinski definition) is 2. The second-order valence-electron chi connectivity index (χ2n) is 6.18. The van der Waals surface area contributed by atoms with Crippen LogP contribution in [0.5, 0.6) is 0 Å². The summed E-state index contributed by atoms with van der Waals surface area (Å²) in [6.45, 7) is 3.85. The van der Waals surface area contributed by atoms with Gasteiger partial charge in [-0.1, -0.05) is 35.5 Å². The molecule has 0 spiro atoms. The summed E-state index contributed by atoms with van der Waals surface area (Å²) in [6.07, 6.45) is 0.0209. The van der Waals surface area contributed by atoms with Crippen LogP contribution < -0.4 is 10.6 Å². The Balaban J connectivity index is 1.65. The molecule has 0 saturated carbocycles. The Morgan fingerprint density at radius 2 is 2.07 bits per heavy atom. The Bertz CT molecular complexity index is 949. The van der Waals surface area contributed by atoms with Crippen LogP contribution in [0.1, 0.15) is 17.5 Å². The third-order valence-electron chi connectivity index (χ3n) is 3.95. The van der Waals surface area contributed by atoms with Crippen LogP contribution in [0, 0.1) is 19.7 Å². The van der Waals surface area contributed by atoms with Crippen molar-refractivity contribution in [1.82, 2.24) is 5.32 Å². The normalized spacial score (nSPS) is 17.9. The van der Waals surface area contributed by atoms with Crippen molar-refractivity contribution < 1.29 is 14.0 Å². The van der Waals surface area contributed by atoms with Gasteiger partial charge in [0.15, 0.2) is 5.17 Å². The summed E-state index contributed by atoms with van der Waals surface area (Å²) in [4.78, 5) is 28.7. The van der Waals surface area contributed by atoms with Crippen molar-refractivity contribution >= 4 is 51.7 Å². The minimum absolute atomic E-state index is 0.0209. The number of rotatable bonds is 4. The van der Waals surface area contributed by atoms with E-state index >= 15 is 0 Å². The van der Waals surface area contributed by atoms with Crippen LogP contribution in [-0.2, 0) is 9.59 Å². The van der Waals surface area contributed by atoms with Gasteiger partial charge >= 0.3 is 0 Å². The second kappa shape index (κ2) is 8.10. The summed E-state index contributed by atoms with van der Waals surface area (Å²) in [5, 5.41) is 5.21. The van der Waals surface area contributed by atoms with Crippen LogP contribution in [0.25, 0.3) is 0 Å². The van der Waals surface area contributed by atoms with Gasteiger partial charge in [-0.3, -0.25) is 9.59 Å². The van der Waals surface area contributed by atoms with Gasteiger partial charge in [-0.25, -0.2) is 9.38 Å². The van der Waals surface area contributed by atoms with E-state index in [-0.39, 0.29) is 23.3 Å². The van der Waals surface area contributed by atoms with Gasteiger partial charge in [-0.2, -0.15) is 0 Å². The molecule has 0 radical (unpaired) electrons. The summed E-state index contributed by atoms with van der Waals surface area (Å²) in [7, 11) is 0. The summed E-state index contributed by atoms with van der Waals surface area (Å²) in [6, 6.07) is 9.83. The van der Waals surface area contributed by atoms with E-state index in [2.05, 4.69) is 15.6 Å². The van der Waals surface area contributed by atoms with Gasteiger partial charge in [0.1, 0.15) is 11.1 Å². The number of nitrogens with zero attached hydrogens (tertiary/aromatic N) is 1. The molecule has 0 bridgehead atoms. The zero-order chi connectivity index (χ0) is 19.6. The second-order valence-corrected chi connectivity index (χ2v) is 7.78. The molecule has 1 atom stereocenters. The maximum atomic E-state index is 13.2. The number of carbonyl (C=O) groups excluding carboxylic acids is 2. The van der Waals surface area contributed by atoms with Gasteiger partial charge in [0.05, 0.1) is 10.7 Å². The summed E-state index contributed by atoms with van der Waals surface area (Å²) >= 11 is 6.90. The highest BCUT2D eigenvalue weighted by atomic mass is 35.5. The molecular weight excluding hydrogens is 389 g/mol. The van der Waals surface area contributed by atoms with Crippen molar-refractivity contribution in [1.29, 1.82) is 0 Å². The summed E-state index contributed by atoms with van der Waals surface area (Å²) < 4.78 is 13.2. The molecule has 0 aliphatic carbocycles. The number of anilines is 1. The highest BCUT2D eigenvalue weighted by Gasteiger charge is 2.32. The third kappa shape index (κ3) is 4.87. The SMILES string of the molecule is Cc1ccc(C)c(NC(=O)C[C@H]2SC(=Nc3ccc(F)c(Cl)c3)NC2=O)c1. The monoisotopic (exact) mass is 405 g/mol. The number of amides is 2. The maximum Gasteiger partial charge on any atom is 0.240 e. The van der Waals surface area contributed by atoms with Gasteiger partial charge in [0.25, 0.3) is 0 Å². The lowest BCUT2D eigenvalue weighted by Gasteiger charge is -2.10. The number of nitrogens with one attached hydrogen (secondary N) is 2. The number of benzene rings is 2. The van der Waals surface area contributed by atoms with Crippen LogP contribution in [0.2, 0.25) is 5.02 Å². The van der Waals surface area contributed by atoms with E-state index < -0.39 is 11.1 Å². The molecule has 140 valence electrons. The predicted octanol–water partition coefficient (Wildman–Crippen LogP) is 4.34. The average Bonchev–Trinajstić information content (AvgIpc) is 2.93. The number of aryl methyl sites for hydroxylation is 2. The molecule has 3 rings (SSSR count). The number of thioether (sulfide) groups is 1. The van der Waals surface area contributed by atoms with Gasteiger partial charge in [0.2, 0.25) is 11.8 Å². The fourth-order valence-electron chi connectivity index (χ4n) is 2.50. The number of hydrogen-bond acceptors (Lipinski definition) is 4. The minimum atomic E-state index is -0.579. The lowest BCUT2D eigenvalue weighted by atomic mass is 10.1. The van der Waals surface area contributed by atoms with Gasteiger partial charge in [-0.05, 0) is 49.2 Å². The van der Waals surface area contributed by atoms with Crippen molar-refractivity contribution in [3.63, 3.8) is 0 Å². The van der Waals surface area contributed by atoms with Crippen molar-refractivity contribution in [2.24, 2.45) is 4.99 Å². The van der Waals surface area contributed by atoms with E-state index in [1.165, 1.54) is 18.2 Å². The molecule has 5 nitrogen and oxygen atoms in total. The third-order valence-corrected chi connectivity index (χ3v) is 5.32. The number of aliphatic imine (C=N–C) groups is 1. The van der Waals surface area contributed by atoms with Crippen LogP contribution >= 0.6 is 23.4 Å². The molecule has 1 fully saturated rings. The lowest BCUT2D eigenvalue weighted by Crippen LogP contribution is -2.28. The Labute approximate surface area is 165 Å². The van der Waals surface area contributed by atoms with Gasteiger partial charge < -0.3 is 10.6 Å². The van der Waals surface area contributed by atoms with Crippen LogP contribution in [0.4, 0.5) is 15.8 Å². The van der Waals surface area contributed by atoms with Crippen LogP contribution in [0.15, 0.2) is 41.4 Å². The van der Waals surface area contributed by atoms with E-state index in [4.69, 9.17) is 11.6 Å². The number of amidine groups is 1. The Morgan fingerprint density at radius 1 is 1.30 bits per heavy atom. The van der Waals surface area contributed by atoms with Gasteiger partial charge in [0, 0.05) is 12.1 Å². The molecule has 2 N–H and O–H groups in total. The molecule has 8 heteroatoms. The molecule has 1 saturated heterocycles. The first-order valence-electron chi connectivity index (χ1n) is 8.20. The first-order valence-corrected chi connectivity index (χ1v) is 9.46. The number of halogens is 2. The Hall–Kier alpha value is -2.38. The quantitative estimate of drug-likeness (QED) is 0.794. The zero-order valence-corrected chi connectivity index (χ0v) is 16.2. The van der Waals surface area contributed by atoms with E-state index in [0.717, 1.165) is 28.6 Å². The van der Waals surface area contributed by atoms with Crippen LogP contribution in [0.3, 0.4) is 0 Å². The van der Waals surface area contributed by atoms with Crippen molar-refractivity contribution in [2.45, 2.75) is 25.5 Å². The number of carbonyl (C=O) groups is 2. The first-order chi connectivity index (χ1) is 12.8. The fourth-order valence-corrected chi connectivity index (χ4v) is 3.67. The standard InChI is InChI=1S/C19H17ClFN3O2S/c1-10-3-4-11(2)15(7-10)23-17(25)9-16-18(26)24-19(27-16)22-12-5-6-14(21)13(20)8-12/h3-8,16H,9H2,1-2H3,(H,23,25)(H,22,24,26)/t16-/m1/s1. The summed E-state index contributed by atoms with van der Waals surface area (Å²) in [5.74, 6) is -1.07. The maximum absolute atomic E-state index is 13.2. The fraction of sp³-hybridized carbons (Fsp3) is 0.211. The minimum Gasteiger partial charge on any atom is -0.326 e. The first kappa shape index (κ1) is 19.4. The molecule has 1 heterocycles. The molecule has 0 aromatic heterocycles. The molecule has 1 aliphatic heterocycles. The zero-order valence-electron chi connectivity index (χ0n) is 14.7. The molecular formula is C19H17ClFN3O2S. The molecule has 2 amide bonds. The van der Waals surface area contributed by atoms with E-state index in [1.54, 1.807) is 0 Å². The van der Waals surface area contributed by atoms with Crippen molar-refractivity contribution in [2.75, 3.05) is 5.32 Å². The average molecular weight is 406 g/mol.